The minimum absolute atomic E-state index is 0.179. The Bertz CT molecular complexity index is 1580. The van der Waals surface area contributed by atoms with E-state index in [2.05, 4.69) is 125 Å². The Morgan fingerprint density at radius 3 is 1.86 bits per heavy atom. The van der Waals surface area contributed by atoms with Crippen molar-refractivity contribution in [1.29, 1.82) is 0 Å². The van der Waals surface area contributed by atoms with Gasteiger partial charge in [-0.05, 0) is 75.6 Å². The molecule has 1 aromatic heterocycles. The van der Waals surface area contributed by atoms with Gasteiger partial charge < -0.3 is 9.64 Å². The number of carbonyl (C=O) groups excluding carboxylic acids is 1. The molecule has 220 valence electrons. The Labute approximate surface area is 268 Å². The van der Waals surface area contributed by atoms with Gasteiger partial charge in [0.2, 0.25) is 0 Å². The quantitative estimate of drug-likeness (QED) is 0.180. The van der Waals surface area contributed by atoms with Gasteiger partial charge in [0.25, 0.3) is 0 Å². The van der Waals surface area contributed by atoms with Gasteiger partial charge in [0.05, 0.1) is 15.2 Å². The number of hydrogen-bond donors (Lipinski definition) is 0. The number of likely N-dealkylation sites (tertiary alicyclic amines) is 1. The summed E-state index contributed by atoms with van der Waals surface area (Å²) in [5.74, 6) is 0.543. The molecule has 0 atom stereocenters. The average Bonchev–Trinajstić information content (AvgIpc) is 3.36. The first-order valence-corrected chi connectivity index (χ1v) is 17.6. The van der Waals surface area contributed by atoms with Crippen molar-refractivity contribution < 1.29 is 9.53 Å². The summed E-state index contributed by atoms with van der Waals surface area (Å²) in [6.45, 7) is 7.38. The molecule has 4 nitrogen and oxygen atoms in total. The zero-order valence-corrected chi connectivity index (χ0v) is 28.0. The van der Waals surface area contributed by atoms with Gasteiger partial charge >= 0.3 is 6.09 Å². The van der Waals surface area contributed by atoms with Crippen molar-refractivity contribution in [2.75, 3.05) is 13.1 Å². The van der Waals surface area contributed by atoms with E-state index >= 15 is 0 Å². The molecule has 7 heteroatoms. The highest BCUT2D eigenvalue weighted by Crippen LogP contribution is 2.57. The number of nitrogens with zero attached hydrogens (tertiary/aromatic N) is 2. The summed E-state index contributed by atoms with van der Waals surface area (Å²) < 4.78 is 7.76. The van der Waals surface area contributed by atoms with Crippen LogP contribution >= 0.6 is 35.2 Å². The van der Waals surface area contributed by atoms with Crippen LogP contribution in [-0.4, -0.2) is 34.7 Å². The summed E-state index contributed by atoms with van der Waals surface area (Å²) in [4.78, 5) is 18.7. The van der Waals surface area contributed by atoms with Crippen LogP contribution in [0.25, 0.3) is 10.2 Å². The van der Waals surface area contributed by atoms with Crippen LogP contribution in [0.5, 0.6) is 0 Å². The lowest BCUT2D eigenvalue weighted by Crippen LogP contribution is -2.63. The fourth-order valence-corrected chi connectivity index (χ4v) is 9.61. The standard InChI is InChI=1S/C18H21BrN2O2S.C18H15P/c1-17(2,3)23-16(22)21-9-18(10-21)7-11(8-18)15-20-13-6-12(19)4-5-14(13)24-15;1-4-10-16(11-5-1)19(17-12-6-2-7-13-17)18-14-8-3-9-15-18/h4-6,11H,7-10H2,1-3H3;1-15H. The summed E-state index contributed by atoms with van der Waals surface area (Å²) in [6.07, 6.45) is 2.09. The molecule has 0 bridgehead atoms. The second-order valence-corrected chi connectivity index (χ2v) is 16.6. The Kier molecular flexibility index (Phi) is 8.73. The number of hydrogen-bond acceptors (Lipinski definition) is 4. The molecule has 1 saturated heterocycles. The van der Waals surface area contributed by atoms with E-state index in [4.69, 9.17) is 9.72 Å². The summed E-state index contributed by atoms with van der Waals surface area (Å²) in [5.41, 5.74) is 0.964. The van der Waals surface area contributed by atoms with Gasteiger partial charge in [0.15, 0.2) is 0 Å². The molecular formula is C36H36BrN2O2PS. The van der Waals surface area contributed by atoms with Crippen LogP contribution in [0.4, 0.5) is 4.79 Å². The number of rotatable bonds is 4. The number of ether oxygens (including phenoxy) is 1. The van der Waals surface area contributed by atoms with Gasteiger partial charge in [0, 0.05) is 28.9 Å². The molecule has 4 aromatic carbocycles. The van der Waals surface area contributed by atoms with E-state index in [-0.39, 0.29) is 6.09 Å². The topological polar surface area (TPSA) is 42.4 Å². The van der Waals surface area contributed by atoms with Gasteiger partial charge in [-0.25, -0.2) is 9.78 Å². The lowest BCUT2D eigenvalue weighted by Gasteiger charge is -2.58. The van der Waals surface area contributed by atoms with E-state index in [1.165, 1.54) is 25.6 Å². The second-order valence-electron chi connectivity index (χ2n) is 12.4. The Morgan fingerprint density at radius 1 is 0.860 bits per heavy atom. The molecule has 2 aliphatic rings. The van der Waals surface area contributed by atoms with E-state index in [0.717, 1.165) is 35.9 Å². The predicted molar refractivity (Wildman–Crippen MR) is 185 cm³/mol. The monoisotopic (exact) mass is 670 g/mol. The Morgan fingerprint density at radius 2 is 1.37 bits per heavy atom. The third kappa shape index (κ3) is 7.03. The van der Waals surface area contributed by atoms with E-state index < -0.39 is 13.5 Å². The molecule has 1 saturated carbocycles. The first-order valence-electron chi connectivity index (χ1n) is 14.7. The van der Waals surface area contributed by atoms with Crippen molar-refractivity contribution in [3.8, 4) is 0 Å². The molecule has 0 radical (unpaired) electrons. The van der Waals surface area contributed by atoms with Crippen LogP contribution in [-0.2, 0) is 4.74 Å². The molecule has 1 amide bonds. The molecular weight excluding hydrogens is 635 g/mol. The fourth-order valence-electron chi connectivity index (χ4n) is 5.91. The molecule has 0 N–H and O–H groups in total. The van der Waals surface area contributed by atoms with Crippen LogP contribution < -0.4 is 15.9 Å². The second kappa shape index (κ2) is 12.5. The van der Waals surface area contributed by atoms with Crippen molar-refractivity contribution >= 4 is 67.4 Å². The van der Waals surface area contributed by atoms with Gasteiger partial charge in [-0.3, -0.25) is 0 Å². The van der Waals surface area contributed by atoms with Gasteiger partial charge in [0.1, 0.15) is 5.60 Å². The number of thiazole rings is 1. The Hall–Kier alpha value is -3.05. The van der Waals surface area contributed by atoms with Gasteiger partial charge in [-0.2, -0.15) is 0 Å². The van der Waals surface area contributed by atoms with Crippen molar-refractivity contribution in [2.24, 2.45) is 5.41 Å². The zero-order chi connectivity index (χ0) is 30.0. The molecule has 5 aromatic rings. The van der Waals surface area contributed by atoms with Crippen LogP contribution in [0, 0.1) is 5.41 Å². The molecule has 1 aliphatic heterocycles. The van der Waals surface area contributed by atoms with E-state index in [1.807, 2.05) is 25.7 Å². The maximum absolute atomic E-state index is 12.1. The van der Waals surface area contributed by atoms with E-state index in [1.54, 1.807) is 11.3 Å². The first-order chi connectivity index (χ1) is 20.7. The van der Waals surface area contributed by atoms with Crippen molar-refractivity contribution in [1.82, 2.24) is 9.88 Å². The number of carbonyl (C=O) groups is 1. The number of benzene rings is 4. The minimum atomic E-state index is -0.446. The lowest BCUT2D eigenvalue weighted by molar-refractivity contribution is -0.0785. The van der Waals surface area contributed by atoms with E-state index in [0.29, 0.717) is 11.3 Å². The molecule has 1 spiro atoms. The normalized spacial score (nSPS) is 15.9. The van der Waals surface area contributed by atoms with Crippen molar-refractivity contribution in [3.63, 3.8) is 0 Å². The Balaban J connectivity index is 0.000000157. The number of amides is 1. The summed E-state index contributed by atoms with van der Waals surface area (Å²) in [5, 5.41) is 5.43. The number of halogens is 1. The summed E-state index contributed by atoms with van der Waals surface area (Å²) >= 11 is 5.31. The van der Waals surface area contributed by atoms with Crippen LogP contribution in [0.15, 0.2) is 114 Å². The van der Waals surface area contributed by atoms with Crippen LogP contribution in [0.2, 0.25) is 0 Å². The molecule has 2 fully saturated rings. The third-order valence-electron chi connectivity index (χ3n) is 7.82. The SMILES string of the molecule is CC(C)(C)OC(=O)N1CC2(CC(c3nc4cc(Br)ccc4s3)C2)C1.c1ccc(P(c2ccccc2)c2ccccc2)cc1. The smallest absolute Gasteiger partial charge is 0.410 e. The molecule has 2 heterocycles. The highest BCUT2D eigenvalue weighted by atomic mass is 79.9. The zero-order valence-electron chi connectivity index (χ0n) is 24.7. The van der Waals surface area contributed by atoms with Crippen molar-refractivity contribution in [3.05, 3.63) is 119 Å². The fraction of sp³-hybridized carbons (Fsp3) is 0.278. The largest absolute Gasteiger partial charge is 0.444 e. The van der Waals surface area contributed by atoms with Gasteiger partial charge in [-0.1, -0.05) is 107 Å². The van der Waals surface area contributed by atoms with Crippen molar-refractivity contribution in [2.45, 2.75) is 45.1 Å². The lowest BCUT2D eigenvalue weighted by atomic mass is 9.58. The number of fused-ring (bicyclic) bond motifs is 1. The summed E-state index contributed by atoms with van der Waals surface area (Å²) in [7, 11) is -0.446. The third-order valence-corrected chi connectivity index (χ3v) is 12.0. The summed E-state index contributed by atoms with van der Waals surface area (Å²) in [6, 6.07) is 38.6. The maximum Gasteiger partial charge on any atom is 0.410 e. The minimum Gasteiger partial charge on any atom is -0.444 e. The highest BCUT2D eigenvalue weighted by Gasteiger charge is 2.55. The molecule has 7 rings (SSSR count). The number of aromatic nitrogens is 1. The van der Waals surface area contributed by atoms with Crippen LogP contribution in [0.1, 0.15) is 44.5 Å². The van der Waals surface area contributed by atoms with Gasteiger partial charge in [-0.15, -0.1) is 11.3 Å². The average molecular weight is 672 g/mol. The highest BCUT2D eigenvalue weighted by molar-refractivity contribution is 9.10. The first kappa shape index (κ1) is 30.0. The maximum atomic E-state index is 12.1. The van der Waals surface area contributed by atoms with Crippen LogP contribution in [0.3, 0.4) is 0 Å². The van der Waals surface area contributed by atoms with E-state index in [9.17, 15) is 4.79 Å². The molecule has 0 unspecified atom stereocenters. The molecule has 1 aliphatic carbocycles. The predicted octanol–water partition coefficient (Wildman–Crippen LogP) is 8.62. The molecule has 43 heavy (non-hydrogen) atoms.